The van der Waals surface area contributed by atoms with Crippen molar-refractivity contribution in [2.24, 2.45) is 5.92 Å². The van der Waals surface area contributed by atoms with E-state index in [1.54, 1.807) is 6.07 Å². The molecule has 3 aromatic rings. The lowest BCUT2D eigenvalue weighted by Crippen LogP contribution is -2.40. The van der Waals surface area contributed by atoms with E-state index in [2.05, 4.69) is 44.9 Å². The number of nitrogens with zero attached hydrogens (tertiary/aromatic N) is 3. The maximum atomic E-state index is 12.4. The molecule has 1 aromatic heterocycles. The van der Waals surface area contributed by atoms with Crippen LogP contribution in [0.3, 0.4) is 0 Å². The number of fused-ring (bicyclic) bond motifs is 1. The molecule has 29 heavy (non-hydrogen) atoms. The predicted octanol–water partition coefficient (Wildman–Crippen LogP) is 4.66. The number of aromatic nitrogens is 2. The van der Waals surface area contributed by atoms with Crippen LogP contribution in [0.15, 0.2) is 42.5 Å². The first-order valence-corrected chi connectivity index (χ1v) is 10.6. The van der Waals surface area contributed by atoms with Gasteiger partial charge < -0.3 is 9.88 Å². The number of halogens is 1. The number of nitrogens with one attached hydrogen (secondary N) is 1. The fourth-order valence-corrected chi connectivity index (χ4v) is 4.27. The van der Waals surface area contributed by atoms with E-state index in [4.69, 9.17) is 11.6 Å². The van der Waals surface area contributed by atoms with Gasteiger partial charge in [-0.25, -0.2) is 4.98 Å². The van der Waals surface area contributed by atoms with Crippen molar-refractivity contribution in [1.29, 1.82) is 0 Å². The molecule has 1 aliphatic rings. The minimum atomic E-state index is 0.0137. The molecule has 0 spiro atoms. The molecule has 1 amide bonds. The van der Waals surface area contributed by atoms with E-state index in [9.17, 15) is 4.79 Å². The molecule has 1 aliphatic heterocycles. The molecule has 2 heterocycles. The van der Waals surface area contributed by atoms with Gasteiger partial charge in [0.1, 0.15) is 5.82 Å². The summed E-state index contributed by atoms with van der Waals surface area (Å²) in [6.07, 6.45) is 2.19. The average molecular weight is 411 g/mol. The summed E-state index contributed by atoms with van der Waals surface area (Å²) in [6, 6.07) is 13.9. The molecule has 6 heteroatoms. The third-order valence-corrected chi connectivity index (χ3v) is 6.22. The summed E-state index contributed by atoms with van der Waals surface area (Å²) in [5, 5.41) is 3.63. The van der Waals surface area contributed by atoms with Crippen molar-refractivity contribution in [1.82, 2.24) is 14.5 Å². The van der Waals surface area contributed by atoms with Crippen LogP contribution in [-0.2, 0) is 11.3 Å². The first kappa shape index (κ1) is 19.9. The smallest absolute Gasteiger partial charge is 0.238 e. The number of aryl methyl sites for hydroxylation is 2. The van der Waals surface area contributed by atoms with Crippen LogP contribution in [-0.4, -0.2) is 40.0 Å². The summed E-state index contributed by atoms with van der Waals surface area (Å²) in [5.74, 6) is 1.70. The summed E-state index contributed by atoms with van der Waals surface area (Å²) >= 11 is 6.14. The number of piperidine rings is 1. The second-order valence-corrected chi connectivity index (χ2v) is 8.40. The molecule has 0 unspecified atom stereocenters. The highest BCUT2D eigenvalue weighted by Crippen LogP contribution is 2.24. The number of carbonyl (C=O) groups is 1. The van der Waals surface area contributed by atoms with Crippen LogP contribution in [0.2, 0.25) is 5.02 Å². The van der Waals surface area contributed by atoms with Crippen molar-refractivity contribution in [3.63, 3.8) is 0 Å². The fourth-order valence-electron chi connectivity index (χ4n) is 4.09. The van der Waals surface area contributed by atoms with E-state index in [0.717, 1.165) is 55.1 Å². The zero-order valence-electron chi connectivity index (χ0n) is 17.0. The van der Waals surface area contributed by atoms with E-state index >= 15 is 0 Å². The molecule has 1 saturated heterocycles. The number of benzene rings is 2. The van der Waals surface area contributed by atoms with Gasteiger partial charge in [0.25, 0.3) is 0 Å². The molecule has 0 saturated carbocycles. The van der Waals surface area contributed by atoms with Crippen LogP contribution < -0.4 is 5.32 Å². The molecular formula is C23H27ClN4O. The monoisotopic (exact) mass is 410 g/mol. The van der Waals surface area contributed by atoms with Crippen molar-refractivity contribution in [2.45, 2.75) is 33.2 Å². The number of amides is 1. The third kappa shape index (κ3) is 4.62. The summed E-state index contributed by atoms with van der Waals surface area (Å²) in [7, 11) is 0. The predicted molar refractivity (Wildman–Crippen MR) is 118 cm³/mol. The second-order valence-electron chi connectivity index (χ2n) is 7.99. The van der Waals surface area contributed by atoms with Crippen LogP contribution in [0.5, 0.6) is 0 Å². The number of anilines is 1. The number of hydrogen-bond acceptors (Lipinski definition) is 3. The van der Waals surface area contributed by atoms with Crippen molar-refractivity contribution in [3.05, 3.63) is 58.9 Å². The number of carbonyl (C=O) groups excluding carboxylic acids is 1. The van der Waals surface area contributed by atoms with Gasteiger partial charge in [0.2, 0.25) is 5.91 Å². The number of rotatable bonds is 5. The summed E-state index contributed by atoms with van der Waals surface area (Å²) < 4.78 is 2.34. The van der Waals surface area contributed by atoms with Gasteiger partial charge in [0.15, 0.2) is 0 Å². The Morgan fingerprint density at radius 1 is 1.17 bits per heavy atom. The van der Waals surface area contributed by atoms with Crippen LogP contribution in [0, 0.1) is 19.8 Å². The molecular weight excluding hydrogens is 384 g/mol. The van der Waals surface area contributed by atoms with Crippen LogP contribution >= 0.6 is 11.6 Å². The van der Waals surface area contributed by atoms with E-state index in [1.165, 1.54) is 5.52 Å². The van der Waals surface area contributed by atoms with Crippen molar-refractivity contribution >= 4 is 34.2 Å². The standard InChI is InChI=1S/C23H27ClN4O/c1-16-7-8-19(13-20(16)24)26-23(29)15-27-11-9-18(10-12-27)14-28-17(2)25-21-5-3-4-6-22(21)28/h3-8,13,18H,9-12,14-15H2,1-2H3,(H,26,29). The highest BCUT2D eigenvalue weighted by Gasteiger charge is 2.22. The van der Waals surface area contributed by atoms with Gasteiger partial charge in [0.05, 0.1) is 17.6 Å². The van der Waals surface area contributed by atoms with Gasteiger partial charge >= 0.3 is 0 Å². The maximum Gasteiger partial charge on any atom is 0.238 e. The Balaban J connectivity index is 1.29. The molecule has 0 radical (unpaired) electrons. The summed E-state index contributed by atoms with van der Waals surface area (Å²) in [6.45, 7) is 7.33. The average Bonchev–Trinajstić information content (AvgIpc) is 3.01. The molecule has 4 rings (SSSR count). The highest BCUT2D eigenvalue weighted by atomic mass is 35.5. The van der Waals surface area contributed by atoms with E-state index in [-0.39, 0.29) is 5.91 Å². The topological polar surface area (TPSA) is 50.2 Å². The lowest BCUT2D eigenvalue weighted by Gasteiger charge is -2.31. The zero-order chi connectivity index (χ0) is 20.4. The number of likely N-dealkylation sites (tertiary alicyclic amines) is 1. The normalized spacial score (nSPS) is 15.7. The molecule has 0 bridgehead atoms. The largest absolute Gasteiger partial charge is 0.328 e. The lowest BCUT2D eigenvalue weighted by molar-refractivity contribution is -0.117. The second kappa shape index (κ2) is 8.56. The van der Waals surface area contributed by atoms with Crippen LogP contribution in [0.25, 0.3) is 11.0 Å². The van der Waals surface area contributed by atoms with E-state index in [0.29, 0.717) is 17.5 Å². The lowest BCUT2D eigenvalue weighted by atomic mass is 9.96. The number of para-hydroxylation sites is 2. The highest BCUT2D eigenvalue weighted by molar-refractivity contribution is 6.31. The van der Waals surface area contributed by atoms with Gasteiger partial charge in [-0.1, -0.05) is 29.8 Å². The minimum Gasteiger partial charge on any atom is -0.328 e. The van der Waals surface area contributed by atoms with Gasteiger partial charge in [-0.3, -0.25) is 9.69 Å². The Hall–Kier alpha value is -2.37. The van der Waals surface area contributed by atoms with Crippen LogP contribution in [0.1, 0.15) is 24.2 Å². The SMILES string of the molecule is Cc1ccc(NC(=O)CN2CCC(Cn3c(C)nc4ccccc43)CC2)cc1Cl. The Labute approximate surface area is 176 Å². The fraction of sp³-hybridized carbons (Fsp3) is 0.391. The Morgan fingerprint density at radius 3 is 2.69 bits per heavy atom. The molecule has 0 aliphatic carbocycles. The quantitative estimate of drug-likeness (QED) is 0.665. The number of imidazole rings is 1. The van der Waals surface area contributed by atoms with Crippen molar-refractivity contribution in [3.8, 4) is 0 Å². The summed E-state index contributed by atoms with van der Waals surface area (Å²) in [4.78, 5) is 19.3. The molecule has 1 N–H and O–H groups in total. The molecule has 5 nitrogen and oxygen atoms in total. The van der Waals surface area contributed by atoms with Gasteiger partial charge in [-0.2, -0.15) is 0 Å². The minimum absolute atomic E-state index is 0.0137. The summed E-state index contributed by atoms with van der Waals surface area (Å²) in [5.41, 5.74) is 4.04. The molecule has 1 fully saturated rings. The van der Waals surface area contributed by atoms with Crippen molar-refractivity contribution in [2.75, 3.05) is 25.0 Å². The molecule has 152 valence electrons. The van der Waals surface area contributed by atoms with Gasteiger partial charge in [-0.05, 0) is 75.5 Å². The van der Waals surface area contributed by atoms with E-state index in [1.807, 2.05) is 25.1 Å². The first-order chi connectivity index (χ1) is 14.0. The Kier molecular flexibility index (Phi) is 5.88. The van der Waals surface area contributed by atoms with Gasteiger partial charge in [0, 0.05) is 17.3 Å². The first-order valence-electron chi connectivity index (χ1n) is 10.2. The molecule has 0 atom stereocenters. The number of hydrogen-bond donors (Lipinski definition) is 1. The van der Waals surface area contributed by atoms with Gasteiger partial charge in [-0.15, -0.1) is 0 Å². The zero-order valence-corrected chi connectivity index (χ0v) is 17.7. The third-order valence-electron chi connectivity index (χ3n) is 5.82. The van der Waals surface area contributed by atoms with Crippen molar-refractivity contribution < 1.29 is 4.79 Å². The maximum absolute atomic E-state index is 12.4. The Bertz CT molecular complexity index is 1020. The molecule has 2 aromatic carbocycles. The van der Waals surface area contributed by atoms with E-state index < -0.39 is 0 Å². The Morgan fingerprint density at radius 2 is 1.93 bits per heavy atom. The van der Waals surface area contributed by atoms with Crippen LogP contribution in [0.4, 0.5) is 5.69 Å².